The Bertz CT molecular complexity index is 456. The number of amides is 2. The summed E-state index contributed by atoms with van der Waals surface area (Å²) in [5.74, 6) is -0.249. The highest BCUT2D eigenvalue weighted by molar-refractivity contribution is 6.00. The molecule has 0 saturated carbocycles. The van der Waals surface area contributed by atoms with E-state index in [1.54, 1.807) is 6.20 Å². The molecule has 2 heterocycles. The minimum absolute atomic E-state index is 0.102. The fraction of sp³-hybridized carbons (Fsp3) is 0.462. The van der Waals surface area contributed by atoms with Gasteiger partial charge in [0.1, 0.15) is 0 Å². The average molecular weight is 247 g/mol. The van der Waals surface area contributed by atoms with Gasteiger partial charge in [-0.05, 0) is 25.0 Å². The molecular weight excluding hydrogens is 230 g/mol. The molecule has 1 unspecified atom stereocenters. The van der Waals surface area contributed by atoms with E-state index in [0.717, 1.165) is 11.3 Å². The first-order valence-corrected chi connectivity index (χ1v) is 6.03. The van der Waals surface area contributed by atoms with Crippen LogP contribution in [0.5, 0.6) is 0 Å². The van der Waals surface area contributed by atoms with Crippen molar-refractivity contribution < 1.29 is 9.59 Å². The molecule has 0 radical (unpaired) electrons. The van der Waals surface area contributed by atoms with Gasteiger partial charge < -0.3 is 5.32 Å². The molecular formula is C13H17N3O2. The Kier molecular flexibility index (Phi) is 3.72. The van der Waals surface area contributed by atoms with Crippen LogP contribution in [0.15, 0.2) is 18.3 Å². The first kappa shape index (κ1) is 12.7. The predicted octanol–water partition coefficient (Wildman–Crippen LogP) is 0.627. The van der Waals surface area contributed by atoms with Crippen molar-refractivity contribution in [3.05, 3.63) is 29.6 Å². The van der Waals surface area contributed by atoms with E-state index in [1.807, 2.05) is 19.1 Å². The number of likely N-dealkylation sites (tertiary alicyclic amines) is 1. The number of carbonyl (C=O) groups excluding carboxylic acids is 2. The molecule has 1 fully saturated rings. The Morgan fingerprint density at radius 3 is 2.89 bits per heavy atom. The van der Waals surface area contributed by atoms with Gasteiger partial charge in [-0.3, -0.25) is 19.5 Å². The third-order valence-corrected chi connectivity index (χ3v) is 3.17. The minimum atomic E-state index is -0.269. The molecule has 1 atom stereocenters. The molecule has 2 rings (SSSR count). The summed E-state index contributed by atoms with van der Waals surface area (Å²) in [7, 11) is 1.53. The fourth-order valence-electron chi connectivity index (χ4n) is 1.95. The zero-order chi connectivity index (χ0) is 13.1. The Balaban J connectivity index is 1.92. The lowest BCUT2D eigenvalue weighted by molar-refractivity contribution is -0.148. The molecule has 5 nitrogen and oxygen atoms in total. The lowest BCUT2D eigenvalue weighted by Crippen LogP contribution is -2.51. The number of hydrogen-bond donors (Lipinski definition) is 1. The molecule has 0 aromatic carbocycles. The largest absolute Gasteiger partial charge is 0.302 e. The van der Waals surface area contributed by atoms with E-state index >= 15 is 0 Å². The number of nitrogens with zero attached hydrogens (tertiary/aromatic N) is 2. The first-order valence-electron chi connectivity index (χ1n) is 6.03. The molecule has 0 bridgehead atoms. The Morgan fingerprint density at radius 2 is 2.22 bits per heavy atom. The fourth-order valence-corrected chi connectivity index (χ4v) is 1.95. The standard InChI is InChI=1S/C13H17N3O2/c1-9-3-4-10(7-14-9)8-15-11-5-6-12(17)16(2)13(11)18/h3-4,7,11,15H,5-6,8H2,1-2H3. The highest BCUT2D eigenvalue weighted by atomic mass is 16.2. The summed E-state index contributed by atoms with van der Waals surface area (Å²) in [6.45, 7) is 2.52. The van der Waals surface area contributed by atoms with Gasteiger partial charge in [-0.25, -0.2) is 0 Å². The zero-order valence-corrected chi connectivity index (χ0v) is 10.6. The van der Waals surface area contributed by atoms with Crippen LogP contribution >= 0.6 is 0 Å². The van der Waals surface area contributed by atoms with Crippen LogP contribution in [0, 0.1) is 6.92 Å². The second-order valence-corrected chi connectivity index (χ2v) is 4.57. The van der Waals surface area contributed by atoms with Crippen molar-refractivity contribution in [2.45, 2.75) is 32.4 Å². The number of aromatic nitrogens is 1. The van der Waals surface area contributed by atoms with E-state index in [-0.39, 0.29) is 17.9 Å². The highest BCUT2D eigenvalue weighted by Gasteiger charge is 2.31. The maximum Gasteiger partial charge on any atom is 0.246 e. The van der Waals surface area contributed by atoms with Gasteiger partial charge in [-0.15, -0.1) is 0 Å². The zero-order valence-electron chi connectivity index (χ0n) is 10.6. The normalized spacial score (nSPS) is 20.3. The van der Waals surface area contributed by atoms with Gasteiger partial charge in [0.05, 0.1) is 6.04 Å². The van der Waals surface area contributed by atoms with Crippen LogP contribution in [0.25, 0.3) is 0 Å². The SMILES string of the molecule is Cc1ccc(CNC2CCC(=O)N(C)C2=O)cn1. The number of pyridine rings is 1. The van der Waals surface area contributed by atoms with Crippen molar-refractivity contribution in [1.29, 1.82) is 0 Å². The van der Waals surface area contributed by atoms with E-state index in [0.29, 0.717) is 19.4 Å². The van der Waals surface area contributed by atoms with E-state index in [4.69, 9.17) is 0 Å². The summed E-state index contributed by atoms with van der Waals surface area (Å²) in [5, 5.41) is 3.17. The molecule has 2 amide bonds. The van der Waals surface area contributed by atoms with E-state index < -0.39 is 0 Å². The third kappa shape index (κ3) is 2.73. The number of likely N-dealkylation sites (N-methyl/N-ethyl adjacent to an activating group) is 1. The van der Waals surface area contributed by atoms with Crippen molar-refractivity contribution >= 4 is 11.8 Å². The van der Waals surface area contributed by atoms with Gasteiger partial charge in [0.15, 0.2) is 0 Å². The molecule has 96 valence electrons. The number of rotatable bonds is 3. The van der Waals surface area contributed by atoms with Gasteiger partial charge in [0.2, 0.25) is 11.8 Å². The van der Waals surface area contributed by atoms with Crippen molar-refractivity contribution in [2.24, 2.45) is 0 Å². The molecule has 1 aromatic rings. The van der Waals surface area contributed by atoms with Crippen LogP contribution in [0.4, 0.5) is 0 Å². The van der Waals surface area contributed by atoms with Gasteiger partial charge in [0, 0.05) is 31.9 Å². The molecule has 1 N–H and O–H groups in total. The highest BCUT2D eigenvalue weighted by Crippen LogP contribution is 2.12. The first-order chi connectivity index (χ1) is 8.58. The summed E-state index contributed by atoms with van der Waals surface area (Å²) < 4.78 is 0. The van der Waals surface area contributed by atoms with Crippen molar-refractivity contribution in [1.82, 2.24) is 15.2 Å². The van der Waals surface area contributed by atoms with Crippen LogP contribution in [0.1, 0.15) is 24.1 Å². The Hall–Kier alpha value is -1.75. The lowest BCUT2D eigenvalue weighted by atomic mass is 10.0. The summed E-state index contributed by atoms with van der Waals surface area (Å²) >= 11 is 0. The molecule has 18 heavy (non-hydrogen) atoms. The van der Waals surface area contributed by atoms with Gasteiger partial charge in [-0.2, -0.15) is 0 Å². The molecule has 0 spiro atoms. The molecule has 5 heteroatoms. The monoisotopic (exact) mass is 247 g/mol. The summed E-state index contributed by atoms with van der Waals surface area (Å²) in [6, 6.07) is 3.65. The van der Waals surface area contributed by atoms with Gasteiger partial charge in [-0.1, -0.05) is 6.07 Å². The number of nitrogens with one attached hydrogen (secondary N) is 1. The Labute approximate surface area is 106 Å². The summed E-state index contributed by atoms with van der Waals surface area (Å²) in [5.41, 5.74) is 2.01. The number of carbonyl (C=O) groups is 2. The number of aryl methyl sites for hydroxylation is 1. The van der Waals surface area contributed by atoms with Crippen molar-refractivity contribution in [2.75, 3.05) is 7.05 Å². The summed E-state index contributed by atoms with van der Waals surface area (Å²) in [6.07, 6.45) is 2.79. The van der Waals surface area contributed by atoms with Crippen molar-refractivity contribution in [3.63, 3.8) is 0 Å². The third-order valence-electron chi connectivity index (χ3n) is 3.17. The second-order valence-electron chi connectivity index (χ2n) is 4.57. The second kappa shape index (κ2) is 5.27. The minimum Gasteiger partial charge on any atom is -0.302 e. The van der Waals surface area contributed by atoms with Crippen LogP contribution in [0.2, 0.25) is 0 Å². The number of piperidine rings is 1. The molecule has 1 aliphatic heterocycles. The average Bonchev–Trinajstić information content (AvgIpc) is 2.37. The molecule has 0 aliphatic carbocycles. The Morgan fingerprint density at radius 1 is 1.44 bits per heavy atom. The van der Waals surface area contributed by atoms with E-state index in [9.17, 15) is 9.59 Å². The van der Waals surface area contributed by atoms with Gasteiger partial charge >= 0.3 is 0 Å². The smallest absolute Gasteiger partial charge is 0.246 e. The predicted molar refractivity (Wildman–Crippen MR) is 66.6 cm³/mol. The maximum atomic E-state index is 11.8. The molecule has 1 aliphatic rings. The maximum absolute atomic E-state index is 11.8. The van der Waals surface area contributed by atoms with Crippen LogP contribution in [0.3, 0.4) is 0 Å². The van der Waals surface area contributed by atoms with Crippen LogP contribution in [-0.4, -0.2) is 34.8 Å². The van der Waals surface area contributed by atoms with Crippen molar-refractivity contribution in [3.8, 4) is 0 Å². The topological polar surface area (TPSA) is 62.3 Å². The summed E-state index contributed by atoms with van der Waals surface area (Å²) in [4.78, 5) is 28.6. The quantitative estimate of drug-likeness (QED) is 0.796. The number of hydrogen-bond acceptors (Lipinski definition) is 4. The molecule has 1 saturated heterocycles. The van der Waals surface area contributed by atoms with Crippen LogP contribution in [-0.2, 0) is 16.1 Å². The lowest BCUT2D eigenvalue weighted by Gasteiger charge is -2.28. The van der Waals surface area contributed by atoms with E-state index in [2.05, 4.69) is 10.3 Å². The van der Waals surface area contributed by atoms with Crippen LogP contribution < -0.4 is 5.32 Å². The van der Waals surface area contributed by atoms with Gasteiger partial charge in [0.25, 0.3) is 0 Å². The number of imide groups is 1. The van der Waals surface area contributed by atoms with E-state index in [1.165, 1.54) is 11.9 Å². The molecule has 1 aromatic heterocycles.